The van der Waals surface area contributed by atoms with Crippen molar-refractivity contribution in [3.63, 3.8) is 0 Å². The van der Waals surface area contributed by atoms with Crippen LogP contribution >= 0.6 is 11.6 Å². The van der Waals surface area contributed by atoms with Gasteiger partial charge in [0.2, 0.25) is 0 Å². The van der Waals surface area contributed by atoms with Crippen molar-refractivity contribution in [3.05, 3.63) is 28.5 Å². The summed E-state index contributed by atoms with van der Waals surface area (Å²) in [5.74, 6) is -0.627. The van der Waals surface area contributed by atoms with E-state index in [1.54, 1.807) is 6.92 Å². The molecule has 0 atom stereocenters. The van der Waals surface area contributed by atoms with Gasteiger partial charge in [0.05, 0.1) is 5.02 Å². The molecule has 0 aliphatic heterocycles. The maximum Gasteiger partial charge on any atom is 0.128 e. The SMILES string of the molecule is Cc1c(O)cc(F)cc1Cl. The second-order valence-electron chi connectivity index (χ2n) is 2.03. The van der Waals surface area contributed by atoms with Crippen LogP contribution in [0.15, 0.2) is 12.1 Å². The first-order valence-electron chi connectivity index (χ1n) is 2.76. The molecule has 10 heavy (non-hydrogen) atoms. The third kappa shape index (κ3) is 1.21. The lowest BCUT2D eigenvalue weighted by Crippen LogP contribution is -1.79. The smallest absolute Gasteiger partial charge is 0.128 e. The summed E-state index contributed by atoms with van der Waals surface area (Å²) in [4.78, 5) is 0. The zero-order valence-electron chi connectivity index (χ0n) is 5.36. The van der Waals surface area contributed by atoms with Crippen LogP contribution in [-0.2, 0) is 0 Å². The second-order valence-corrected chi connectivity index (χ2v) is 2.44. The third-order valence-electron chi connectivity index (χ3n) is 1.28. The van der Waals surface area contributed by atoms with Crippen molar-refractivity contribution in [1.29, 1.82) is 0 Å². The predicted molar refractivity (Wildman–Crippen MR) is 37.8 cm³/mol. The molecule has 0 heterocycles. The summed E-state index contributed by atoms with van der Waals surface area (Å²) < 4.78 is 12.4. The lowest BCUT2D eigenvalue weighted by Gasteiger charge is -1.99. The maximum absolute atomic E-state index is 12.4. The first-order valence-corrected chi connectivity index (χ1v) is 3.13. The number of rotatable bonds is 0. The standard InChI is InChI=1S/C7H6ClFO/c1-4-6(8)2-5(9)3-7(4)10/h2-3,10H,1H3. The van der Waals surface area contributed by atoms with Gasteiger partial charge in [-0.15, -0.1) is 0 Å². The molecule has 54 valence electrons. The number of hydrogen-bond acceptors (Lipinski definition) is 1. The van der Waals surface area contributed by atoms with Crippen molar-refractivity contribution >= 4 is 11.6 Å². The van der Waals surface area contributed by atoms with Gasteiger partial charge in [-0.05, 0) is 13.0 Å². The van der Waals surface area contributed by atoms with Gasteiger partial charge in [0, 0.05) is 11.6 Å². The largest absolute Gasteiger partial charge is 0.508 e. The first kappa shape index (κ1) is 7.35. The molecule has 1 aromatic rings. The molecule has 0 bridgehead atoms. The van der Waals surface area contributed by atoms with Crippen molar-refractivity contribution in [2.24, 2.45) is 0 Å². The summed E-state index contributed by atoms with van der Waals surface area (Å²) in [6.07, 6.45) is 0. The Bertz CT molecular complexity index is 237. The molecule has 1 nitrogen and oxygen atoms in total. The molecule has 0 radical (unpaired) electrons. The Balaban J connectivity index is 3.31. The van der Waals surface area contributed by atoms with Crippen molar-refractivity contribution in [2.75, 3.05) is 0 Å². The van der Waals surface area contributed by atoms with Gasteiger partial charge in [0.1, 0.15) is 11.6 Å². The van der Waals surface area contributed by atoms with Gasteiger partial charge in [-0.1, -0.05) is 11.6 Å². The zero-order chi connectivity index (χ0) is 7.72. The first-order chi connectivity index (χ1) is 4.61. The lowest BCUT2D eigenvalue weighted by molar-refractivity contribution is 0.465. The van der Waals surface area contributed by atoms with Gasteiger partial charge < -0.3 is 5.11 Å². The fourth-order valence-electron chi connectivity index (χ4n) is 0.632. The Morgan fingerprint density at radius 1 is 1.50 bits per heavy atom. The fourth-order valence-corrected chi connectivity index (χ4v) is 0.833. The van der Waals surface area contributed by atoms with E-state index in [1.807, 2.05) is 0 Å². The highest BCUT2D eigenvalue weighted by Gasteiger charge is 2.02. The normalized spacial score (nSPS) is 9.90. The fraction of sp³-hybridized carbons (Fsp3) is 0.143. The highest BCUT2D eigenvalue weighted by molar-refractivity contribution is 6.31. The molecule has 0 fully saturated rings. The predicted octanol–water partition coefficient (Wildman–Crippen LogP) is 2.49. The van der Waals surface area contributed by atoms with Crippen LogP contribution in [0.1, 0.15) is 5.56 Å². The topological polar surface area (TPSA) is 20.2 Å². The molecular formula is C7H6ClFO. The van der Waals surface area contributed by atoms with Gasteiger partial charge in [-0.3, -0.25) is 0 Å². The molecule has 1 N–H and O–H groups in total. The minimum atomic E-state index is -0.520. The zero-order valence-corrected chi connectivity index (χ0v) is 6.11. The summed E-state index contributed by atoms with van der Waals surface area (Å²) in [5.41, 5.74) is 0.503. The molecule has 0 amide bonds. The monoisotopic (exact) mass is 160 g/mol. The minimum Gasteiger partial charge on any atom is -0.508 e. The summed E-state index contributed by atoms with van der Waals surface area (Å²) in [6, 6.07) is 2.19. The average molecular weight is 161 g/mol. The molecule has 0 aliphatic rings. The van der Waals surface area contributed by atoms with Crippen LogP contribution in [-0.4, -0.2) is 5.11 Å². The molecule has 0 aliphatic carbocycles. The number of halogens is 2. The summed E-state index contributed by atoms with van der Waals surface area (Å²) in [6.45, 7) is 1.62. The minimum absolute atomic E-state index is 0.106. The molecule has 3 heteroatoms. The lowest BCUT2D eigenvalue weighted by atomic mass is 10.2. The van der Waals surface area contributed by atoms with Gasteiger partial charge in [0.15, 0.2) is 0 Å². The number of phenolic OH excluding ortho intramolecular Hbond substituents is 1. The van der Waals surface area contributed by atoms with Crippen LogP contribution in [0.2, 0.25) is 5.02 Å². The van der Waals surface area contributed by atoms with Gasteiger partial charge in [-0.25, -0.2) is 4.39 Å². The molecule has 0 saturated heterocycles. The van der Waals surface area contributed by atoms with Crippen molar-refractivity contribution < 1.29 is 9.50 Å². The summed E-state index contributed by atoms with van der Waals surface area (Å²) in [5, 5.41) is 9.20. The van der Waals surface area contributed by atoms with Crippen LogP contribution in [0.5, 0.6) is 5.75 Å². The molecule has 0 aromatic heterocycles. The number of hydrogen-bond donors (Lipinski definition) is 1. The Hall–Kier alpha value is -0.760. The Kier molecular flexibility index (Phi) is 1.81. The molecule has 0 spiro atoms. The van der Waals surface area contributed by atoms with E-state index in [1.165, 1.54) is 0 Å². The Morgan fingerprint density at radius 2 is 2.10 bits per heavy atom. The van der Waals surface area contributed by atoms with Crippen LogP contribution in [0.3, 0.4) is 0 Å². The third-order valence-corrected chi connectivity index (χ3v) is 1.67. The average Bonchev–Trinajstić information content (AvgIpc) is 1.82. The van der Waals surface area contributed by atoms with E-state index >= 15 is 0 Å². The maximum atomic E-state index is 12.4. The van der Waals surface area contributed by atoms with Crippen molar-refractivity contribution in [2.45, 2.75) is 6.92 Å². The van der Waals surface area contributed by atoms with Crippen LogP contribution < -0.4 is 0 Å². The molecule has 1 rings (SSSR count). The number of aromatic hydroxyl groups is 1. The Labute approximate surface area is 63.1 Å². The van der Waals surface area contributed by atoms with Gasteiger partial charge >= 0.3 is 0 Å². The molecule has 1 aromatic carbocycles. The highest BCUT2D eigenvalue weighted by atomic mass is 35.5. The van der Waals surface area contributed by atoms with Crippen molar-refractivity contribution in [1.82, 2.24) is 0 Å². The van der Waals surface area contributed by atoms with Crippen LogP contribution in [0.25, 0.3) is 0 Å². The van der Waals surface area contributed by atoms with Crippen LogP contribution in [0, 0.1) is 12.7 Å². The summed E-state index contributed by atoms with van der Waals surface area (Å²) in [7, 11) is 0. The highest BCUT2D eigenvalue weighted by Crippen LogP contribution is 2.25. The Morgan fingerprint density at radius 3 is 2.60 bits per heavy atom. The van der Waals surface area contributed by atoms with E-state index in [0.29, 0.717) is 5.56 Å². The molecule has 0 saturated carbocycles. The van der Waals surface area contributed by atoms with E-state index in [4.69, 9.17) is 16.7 Å². The van der Waals surface area contributed by atoms with E-state index < -0.39 is 5.82 Å². The quantitative estimate of drug-likeness (QED) is 0.618. The van der Waals surface area contributed by atoms with Crippen LogP contribution in [0.4, 0.5) is 4.39 Å². The molecular weight excluding hydrogens is 155 g/mol. The van der Waals surface area contributed by atoms with E-state index in [2.05, 4.69) is 0 Å². The van der Waals surface area contributed by atoms with E-state index in [-0.39, 0.29) is 10.8 Å². The number of phenols is 1. The van der Waals surface area contributed by atoms with Crippen molar-refractivity contribution in [3.8, 4) is 5.75 Å². The second kappa shape index (κ2) is 2.46. The van der Waals surface area contributed by atoms with E-state index in [0.717, 1.165) is 12.1 Å². The van der Waals surface area contributed by atoms with E-state index in [9.17, 15) is 4.39 Å². The van der Waals surface area contributed by atoms with Gasteiger partial charge in [0.25, 0.3) is 0 Å². The van der Waals surface area contributed by atoms with Gasteiger partial charge in [-0.2, -0.15) is 0 Å². The molecule has 0 unspecified atom stereocenters. The summed E-state index contributed by atoms with van der Waals surface area (Å²) >= 11 is 5.52. The number of benzene rings is 1.